The molecule has 0 radical (unpaired) electrons. The van der Waals surface area contributed by atoms with Gasteiger partial charge in [0.1, 0.15) is 5.75 Å². The van der Waals surface area contributed by atoms with Crippen molar-refractivity contribution in [3.63, 3.8) is 0 Å². The molecule has 1 saturated carbocycles. The Morgan fingerprint density at radius 1 is 1.17 bits per heavy atom. The van der Waals surface area contributed by atoms with Gasteiger partial charge in [-0.05, 0) is 43.6 Å². The summed E-state index contributed by atoms with van der Waals surface area (Å²) in [4.78, 5) is 11.8. The Bertz CT molecular complexity index is 525. The van der Waals surface area contributed by atoms with Crippen LogP contribution in [0, 0.1) is 11.8 Å². The largest absolute Gasteiger partial charge is 0.483 e. The highest BCUT2D eigenvalue weighted by molar-refractivity contribution is 5.77. The minimum atomic E-state index is -0.0379. The molecular formula is C19H28N2O3. The minimum Gasteiger partial charge on any atom is -0.483 e. The lowest BCUT2D eigenvalue weighted by Gasteiger charge is -2.22. The maximum absolute atomic E-state index is 11.8. The Balaban J connectivity index is 1.40. The highest BCUT2D eigenvalue weighted by atomic mass is 16.5. The molecule has 1 aliphatic carbocycles. The average molecular weight is 332 g/mol. The first kappa shape index (κ1) is 17.2. The van der Waals surface area contributed by atoms with E-state index in [1.165, 1.54) is 19.3 Å². The normalized spacial score (nSPS) is 20.6. The van der Waals surface area contributed by atoms with Crippen molar-refractivity contribution < 1.29 is 14.3 Å². The first-order chi connectivity index (χ1) is 11.8. The van der Waals surface area contributed by atoms with E-state index in [1.54, 1.807) is 0 Å². The third-order valence-corrected chi connectivity index (χ3v) is 4.62. The Morgan fingerprint density at radius 3 is 2.83 bits per heavy atom. The van der Waals surface area contributed by atoms with Gasteiger partial charge in [0, 0.05) is 31.8 Å². The van der Waals surface area contributed by atoms with Gasteiger partial charge in [-0.25, -0.2) is 0 Å². The van der Waals surface area contributed by atoms with Crippen molar-refractivity contribution in [1.29, 1.82) is 0 Å². The van der Waals surface area contributed by atoms with Crippen molar-refractivity contribution >= 4 is 5.91 Å². The number of carbonyl (C=O) groups excluding carboxylic acids is 1. The molecule has 1 unspecified atom stereocenters. The molecule has 1 atom stereocenters. The molecule has 0 bridgehead atoms. The van der Waals surface area contributed by atoms with Gasteiger partial charge in [-0.15, -0.1) is 0 Å². The second-order valence-corrected chi connectivity index (χ2v) is 6.86. The van der Waals surface area contributed by atoms with Crippen LogP contribution in [0.1, 0.15) is 31.2 Å². The smallest absolute Gasteiger partial charge is 0.257 e. The van der Waals surface area contributed by atoms with E-state index < -0.39 is 0 Å². The number of benzene rings is 1. The molecule has 1 amide bonds. The summed E-state index contributed by atoms with van der Waals surface area (Å²) in [7, 11) is 0. The summed E-state index contributed by atoms with van der Waals surface area (Å²) in [6.07, 6.45) is 4.86. The van der Waals surface area contributed by atoms with E-state index in [0.717, 1.165) is 50.6 Å². The topological polar surface area (TPSA) is 59.6 Å². The van der Waals surface area contributed by atoms with Gasteiger partial charge in [0.25, 0.3) is 5.91 Å². The van der Waals surface area contributed by atoms with Crippen LogP contribution < -0.4 is 15.4 Å². The van der Waals surface area contributed by atoms with Crippen LogP contribution >= 0.6 is 0 Å². The number of amides is 1. The van der Waals surface area contributed by atoms with E-state index in [0.29, 0.717) is 11.8 Å². The number of hydrogen-bond acceptors (Lipinski definition) is 4. The number of ether oxygens (including phenoxy) is 2. The predicted octanol–water partition coefficient (Wildman–Crippen LogP) is 2.11. The van der Waals surface area contributed by atoms with Crippen LogP contribution in [-0.2, 0) is 16.1 Å². The maximum Gasteiger partial charge on any atom is 0.257 e. The second kappa shape index (κ2) is 9.04. The quantitative estimate of drug-likeness (QED) is 0.727. The highest BCUT2D eigenvalue weighted by Crippen LogP contribution is 2.27. The van der Waals surface area contributed by atoms with Crippen molar-refractivity contribution in [1.82, 2.24) is 10.6 Å². The molecule has 0 spiro atoms. The first-order valence-electron chi connectivity index (χ1n) is 9.07. The van der Waals surface area contributed by atoms with Crippen LogP contribution in [0.25, 0.3) is 0 Å². The fourth-order valence-electron chi connectivity index (χ4n) is 2.94. The highest BCUT2D eigenvalue weighted by Gasteiger charge is 2.21. The molecule has 1 aromatic carbocycles. The van der Waals surface area contributed by atoms with Gasteiger partial charge < -0.3 is 20.1 Å². The number of para-hydroxylation sites is 1. The van der Waals surface area contributed by atoms with Gasteiger partial charge in [0.05, 0.1) is 6.61 Å². The summed E-state index contributed by atoms with van der Waals surface area (Å²) in [5, 5.41) is 6.41. The number of carbonyl (C=O) groups is 1. The molecule has 24 heavy (non-hydrogen) atoms. The Hall–Kier alpha value is -1.59. The van der Waals surface area contributed by atoms with Gasteiger partial charge in [0.15, 0.2) is 6.61 Å². The molecule has 1 aliphatic heterocycles. The molecule has 132 valence electrons. The summed E-state index contributed by atoms with van der Waals surface area (Å²) in [6, 6.07) is 7.91. The van der Waals surface area contributed by atoms with Gasteiger partial charge in [-0.1, -0.05) is 18.2 Å². The first-order valence-corrected chi connectivity index (χ1v) is 9.07. The minimum absolute atomic E-state index is 0.0379. The number of rotatable bonds is 9. The van der Waals surface area contributed by atoms with Crippen LogP contribution in [-0.4, -0.2) is 38.8 Å². The lowest BCUT2D eigenvalue weighted by Crippen LogP contribution is -2.31. The van der Waals surface area contributed by atoms with Crippen molar-refractivity contribution in [2.75, 3.05) is 32.9 Å². The third-order valence-electron chi connectivity index (χ3n) is 4.62. The Labute approximate surface area is 144 Å². The average Bonchev–Trinajstić information content (AvgIpc) is 3.44. The van der Waals surface area contributed by atoms with Gasteiger partial charge in [0.2, 0.25) is 0 Å². The number of nitrogens with one attached hydrogen (secondary N) is 2. The SMILES string of the molecule is O=C(COc1ccccc1CNCC1CCCOC1)NCC1CC1. The van der Waals surface area contributed by atoms with Crippen LogP contribution in [0.15, 0.2) is 24.3 Å². The van der Waals surface area contributed by atoms with E-state index in [-0.39, 0.29) is 12.5 Å². The van der Waals surface area contributed by atoms with Crippen molar-refractivity contribution in [3.8, 4) is 5.75 Å². The molecule has 1 saturated heterocycles. The van der Waals surface area contributed by atoms with Crippen molar-refractivity contribution in [2.45, 2.75) is 32.2 Å². The zero-order valence-electron chi connectivity index (χ0n) is 14.3. The van der Waals surface area contributed by atoms with E-state index in [1.807, 2.05) is 24.3 Å². The summed E-state index contributed by atoms with van der Waals surface area (Å²) in [5.41, 5.74) is 1.09. The van der Waals surface area contributed by atoms with Crippen LogP contribution in [0.2, 0.25) is 0 Å². The van der Waals surface area contributed by atoms with Crippen molar-refractivity contribution in [3.05, 3.63) is 29.8 Å². The molecule has 2 fully saturated rings. The van der Waals surface area contributed by atoms with Crippen LogP contribution in [0.3, 0.4) is 0 Å². The summed E-state index contributed by atoms with van der Waals surface area (Å²) < 4.78 is 11.2. The Kier molecular flexibility index (Phi) is 6.49. The molecule has 1 heterocycles. The fourth-order valence-corrected chi connectivity index (χ4v) is 2.94. The summed E-state index contributed by atoms with van der Waals surface area (Å²) in [6.45, 7) is 4.32. The van der Waals surface area contributed by atoms with Gasteiger partial charge in [-0.2, -0.15) is 0 Å². The number of hydrogen-bond donors (Lipinski definition) is 2. The van der Waals surface area contributed by atoms with E-state index >= 15 is 0 Å². The molecule has 1 aromatic rings. The predicted molar refractivity (Wildman–Crippen MR) is 92.9 cm³/mol. The molecule has 2 N–H and O–H groups in total. The molecule has 2 aliphatic rings. The van der Waals surface area contributed by atoms with Gasteiger partial charge >= 0.3 is 0 Å². The summed E-state index contributed by atoms with van der Waals surface area (Å²) in [5.74, 6) is 2.03. The lowest BCUT2D eigenvalue weighted by molar-refractivity contribution is -0.123. The lowest BCUT2D eigenvalue weighted by atomic mass is 10.0. The zero-order chi connectivity index (χ0) is 16.6. The fraction of sp³-hybridized carbons (Fsp3) is 0.632. The van der Waals surface area contributed by atoms with Crippen LogP contribution in [0.4, 0.5) is 0 Å². The zero-order valence-corrected chi connectivity index (χ0v) is 14.3. The molecule has 5 nitrogen and oxygen atoms in total. The molecular weight excluding hydrogens is 304 g/mol. The second-order valence-electron chi connectivity index (χ2n) is 6.86. The van der Waals surface area contributed by atoms with Gasteiger partial charge in [-0.3, -0.25) is 4.79 Å². The monoisotopic (exact) mass is 332 g/mol. The molecule has 5 heteroatoms. The van der Waals surface area contributed by atoms with Crippen LogP contribution in [0.5, 0.6) is 5.75 Å². The van der Waals surface area contributed by atoms with E-state index in [2.05, 4.69) is 10.6 Å². The van der Waals surface area contributed by atoms with E-state index in [4.69, 9.17) is 9.47 Å². The summed E-state index contributed by atoms with van der Waals surface area (Å²) >= 11 is 0. The third kappa shape index (κ3) is 5.80. The molecule has 3 rings (SSSR count). The maximum atomic E-state index is 11.8. The Morgan fingerprint density at radius 2 is 2.04 bits per heavy atom. The molecule has 0 aromatic heterocycles. The van der Waals surface area contributed by atoms with Crippen molar-refractivity contribution in [2.24, 2.45) is 11.8 Å². The standard InChI is InChI=1S/C19H28N2O3/c22-19(21-11-15-7-8-15)14-24-18-6-2-1-5-17(18)12-20-10-16-4-3-9-23-13-16/h1-2,5-6,15-16,20H,3-4,7-14H2,(H,21,22). The van der Waals surface area contributed by atoms with E-state index in [9.17, 15) is 4.79 Å².